The maximum Gasteiger partial charge on any atom is 0.410 e. The summed E-state index contributed by atoms with van der Waals surface area (Å²) in [6.07, 6.45) is 4.06. The number of hydrogen-bond donors (Lipinski definition) is 3. The molecule has 4 heterocycles. The molecule has 3 N–H and O–H groups in total. The first-order valence-electron chi connectivity index (χ1n) is 26.9. The number of aromatic nitrogens is 2. The number of carboxylic acids is 1. The van der Waals surface area contributed by atoms with E-state index in [-0.39, 0.29) is 62.4 Å². The molecule has 8 rings (SSSR count). The lowest BCUT2D eigenvalue weighted by Gasteiger charge is -2.24. The molecule has 2 saturated heterocycles. The molecule has 2 atom stereocenters. The van der Waals surface area contributed by atoms with Gasteiger partial charge < -0.3 is 53.6 Å². The number of rotatable bonds is 12. The first kappa shape index (κ1) is 67.2. The monoisotopic (exact) mass is 1180 g/mol. The Hall–Kier alpha value is -8.56. The van der Waals surface area contributed by atoms with Crippen LogP contribution in [0.3, 0.4) is 0 Å². The zero-order valence-corrected chi connectivity index (χ0v) is 49.1. The molecule has 4 amide bonds. The molecular weight excluding hydrogens is 1100 g/mol. The Morgan fingerprint density at radius 1 is 0.553 bits per heavy atom. The number of hydrogen-bond acceptors (Lipinski definition) is 10. The van der Waals surface area contributed by atoms with Gasteiger partial charge in [-0.1, -0.05) is 43.8 Å². The number of likely N-dealkylation sites (tertiary alicyclic amines) is 2. The van der Waals surface area contributed by atoms with Crippen LogP contribution < -0.4 is 20.1 Å². The number of halogens is 4. The summed E-state index contributed by atoms with van der Waals surface area (Å²) in [6, 6.07) is 18.6. The first-order chi connectivity index (χ1) is 38.7. The molecule has 0 unspecified atom stereocenters. The summed E-state index contributed by atoms with van der Waals surface area (Å²) in [6.45, 7) is 22.9. The van der Waals surface area contributed by atoms with Crippen molar-refractivity contribution in [2.24, 2.45) is 0 Å². The molecule has 2 aromatic heterocycles. The molecule has 17 nitrogen and oxygen atoms in total. The molecule has 2 fully saturated rings. The Morgan fingerprint density at radius 3 is 1.26 bits per heavy atom. The largest absolute Gasteiger partial charge is 0.477 e. The Labute approximate surface area is 495 Å². The van der Waals surface area contributed by atoms with Gasteiger partial charge >= 0.3 is 18.2 Å². The summed E-state index contributed by atoms with van der Waals surface area (Å²) in [5.74, 6) is -6.43. The number of aldehydes is 1. The average Bonchev–Trinajstić information content (AvgIpc) is 1.79. The predicted octanol–water partition coefficient (Wildman–Crippen LogP) is 13.6. The van der Waals surface area contributed by atoms with Gasteiger partial charge in [-0.3, -0.25) is 14.4 Å². The number of ether oxygens (including phenoxy) is 4. The van der Waals surface area contributed by atoms with Gasteiger partial charge in [0, 0.05) is 69.2 Å². The molecule has 85 heavy (non-hydrogen) atoms. The molecule has 2 aliphatic rings. The van der Waals surface area contributed by atoms with E-state index in [2.05, 4.69) is 10.6 Å². The highest BCUT2D eigenvalue weighted by Crippen LogP contribution is 2.38. The average molecular weight is 1180 g/mol. The summed E-state index contributed by atoms with van der Waals surface area (Å²) in [5.41, 5.74) is -0.517. The summed E-state index contributed by atoms with van der Waals surface area (Å²) < 4.78 is 81.4. The Balaban J connectivity index is 0.000000304. The van der Waals surface area contributed by atoms with Crippen LogP contribution in [0.2, 0.25) is 0 Å². The molecule has 22 heteroatoms. The topological polar surface area (TPSA) is 200 Å². The van der Waals surface area contributed by atoms with Gasteiger partial charge in [-0.25, -0.2) is 31.9 Å². The summed E-state index contributed by atoms with van der Waals surface area (Å²) in [5, 5.41) is 16.1. The SMILES string of the molecule is C.CC(C)(C)NC(=O)c1c(-c2ccc(Oc3c(F)cccc3F)cc2)cn([C@@H]2CCN(C(=O)OC(C)(C)C)C2)c1C(=O)O.CC(C)(C)NC(=O)c1c(-c2ccc(Oc3c(F)cccc3F)cc2)cn([C@@H]2CCN(C(=O)OC(C)(C)C)C2)c1C=O.[B]. The van der Waals surface area contributed by atoms with Crippen LogP contribution in [-0.4, -0.2) is 117 Å². The minimum atomic E-state index is -1.30. The van der Waals surface area contributed by atoms with Crippen LogP contribution in [0.4, 0.5) is 27.2 Å². The van der Waals surface area contributed by atoms with E-state index >= 15 is 0 Å². The second-order valence-corrected chi connectivity index (χ2v) is 24.3. The molecule has 2 aliphatic heterocycles. The number of nitrogens with one attached hydrogen (secondary N) is 2. The van der Waals surface area contributed by atoms with E-state index in [4.69, 9.17) is 18.9 Å². The minimum absolute atomic E-state index is 0. The van der Waals surface area contributed by atoms with Crippen molar-refractivity contribution in [2.75, 3.05) is 26.2 Å². The van der Waals surface area contributed by atoms with Gasteiger partial charge in [0.1, 0.15) is 28.4 Å². The Morgan fingerprint density at radius 2 is 0.906 bits per heavy atom. The zero-order chi connectivity index (χ0) is 61.1. The number of nitrogens with zero attached hydrogens (tertiary/aromatic N) is 4. The normalized spacial score (nSPS) is 15.1. The maximum absolute atomic E-state index is 14.1. The highest BCUT2D eigenvalue weighted by atomic mass is 19.1. The van der Waals surface area contributed by atoms with Crippen molar-refractivity contribution in [1.82, 2.24) is 29.6 Å². The number of carbonyl (C=O) groups is 6. The lowest BCUT2D eigenvalue weighted by molar-refractivity contribution is 0.0278. The smallest absolute Gasteiger partial charge is 0.410 e. The highest BCUT2D eigenvalue weighted by Gasteiger charge is 2.38. The van der Waals surface area contributed by atoms with E-state index in [0.29, 0.717) is 61.0 Å². The van der Waals surface area contributed by atoms with Gasteiger partial charge in [-0.05, 0) is 156 Å². The Kier molecular flexibility index (Phi) is 21.0. The van der Waals surface area contributed by atoms with Crippen molar-refractivity contribution in [1.29, 1.82) is 0 Å². The van der Waals surface area contributed by atoms with Crippen LogP contribution in [0, 0.1) is 23.3 Å². The van der Waals surface area contributed by atoms with E-state index in [1.807, 2.05) is 20.8 Å². The number of aromatic carboxylic acids is 1. The third-order valence-corrected chi connectivity index (χ3v) is 12.9. The molecule has 0 aliphatic carbocycles. The van der Waals surface area contributed by atoms with Crippen LogP contribution in [0.5, 0.6) is 23.0 Å². The maximum atomic E-state index is 14.1. The molecule has 0 spiro atoms. The van der Waals surface area contributed by atoms with Gasteiger partial charge in [0.15, 0.2) is 41.1 Å². The van der Waals surface area contributed by atoms with Crippen molar-refractivity contribution < 1.29 is 70.4 Å². The van der Waals surface area contributed by atoms with Crippen LogP contribution in [-0.2, 0) is 9.47 Å². The van der Waals surface area contributed by atoms with Gasteiger partial charge in [0.05, 0.1) is 28.9 Å². The number of carbonyl (C=O) groups excluding carboxylic acids is 5. The number of amides is 4. The minimum Gasteiger partial charge on any atom is -0.477 e. The van der Waals surface area contributed by atoms with E-state index in [0.717, 1.165) is 24.3 Å². The predicted molar refractivity (Wildman–Crippen MR) is 315 cm³/mol. The molecule has 4 aromatic carbocycles. The van der Waals surface area contributed by atoms with Crippen LogP contribution >= 0.6 is 0 Å². The summed E-state index contributed by atoms with van der Waals surface area (Å²) in [7, 11) is 0. The molecule has 0 saturated carbocycles. The van der Waals surface area contributed by atoms with Crippen molar-refractivity contribution in [3.63, 3.8) is 0 Å². The van der Waals surface area contributed by atoms with Crippen molar-refractivity contribution in [3.8, 4) is 45.3 Å². The van der Waals surface area contributed by atoms with Gasteiger partial charge in [-0.15, -0.1) is 0 Å². The molecule has 453 valence electrons. The van der Waals surface area contributed by atoms with E-state index < -0.39 is 93.1 Å². The zero-order valence-electron chi connectivity index (χ0n) is 49.1. The fourth-order valence-corrected chi connectivity index (χ4v) is 9.43. The summed E-state index contributed by atoms with van der Waals surface area (Å²) >= 11 is 0. The van der Waals surface area contributed by atoms with E-state index in [1.54, 1.807) is 108 Å². The van der Waals surface area contributed by atoms with Gasteiger partial charge in [0.25, 0.3) is 11.8 Å². The number of benzene rings is 4. The van der Waals surface area contributed by atoms with Gasteiger partial charge in [0.2, 0.25) is 0 Å². The van der Waals surface area contributed by atoms with E-state index in [9.17, 15) is 51.4 Å². The number of carboxylic acid groups (broad SMARTS) is 1. The van der Waals surface area contributed by atoms with Crippen molar-refractivity contribution >= 4 is 44.7 Å². The van der Waals surface area contributed by atoms with Crippen LogP contribution in [0.1, 0.15) is 157 Å². The van der Waals surface area contributed by atoms with Crippen LogP contribution in [0.15, 0.2) is 97.3 Å². The molecule has 0 bridgehead atoms. The molecular formula is C63H74BF4N6O11. The van der Waals surface area contributed by atoms with Crippen LogP contribution in [0.25, 0.3) is 22.3 Å². The first-order valence-corrected chi connectivity index (χ1v) is 26.9. The number of para-hydroxylation sites is 2. The standard InChI is InChI=1S/C31H35F2N3O6.C31H35F2N3O5.CH4.B/c1-30(2,3)34-27(37)24-21(18-10-12-20(13-11-18)41-26-22(32)8-7-9-23(26)33)17-36(25(24)28(38)39)19-14-15-35(16-19)29(40)42-31(4,5)6;1-30(2,3)34-28(38)26-22(19-10-12-21(13-11-19)40-27-23(32)8-7-9-24(27)33)17-36(25(26)18-37)20-14-15-35(16-20)29(39)41-31(4,5)6;;/h7-13,17,19H,14-16H2,1-6H3,(H,34,37)(H,38,39);7-13,17-18,20H,14-16H2,1-6H3,(H,34,38);1H4;/t19-;20-;;/m11../s1. The summed E-state index contributed by atoms with van der Waals surface area (Å²) in [4.78, 5) is 80.6. The molecule has 6 aromatic rings. The third kappa shape index (κ3) is 16.8. The fraction of sp³-hybridized carbons (Fsp3) is 0.397. The highest BCUT2D eigenvalue weighted by molar-refractivity contribution is 6.10. The second kappa shape index (κ2) is 26.6. The molecule has 3 radical (unpaired) electrons. The lowest BCUT2D eigenvalue weighted by Crippen LogP contribution is -2.41. The lowest BCUT2D eigenvalue weighted by atomic mass is 10.0. The van der Waals surface area contributed by atoms with Crippen molar-refractivity contribution in [2.45, 2.75) is 138 Å². The fourth-order valence-electron chi connectivity index (χ4n) is 9.43. The Bertz CT molecular complexity index is 3370. The quantitative estimate of drug-likeness (QED) is 0.0598. The van der Waals surface area contributed by atoms with Gasteiger partial charge in [-0.2, -0.15) is 0 Å². The van der Waals surface area contributed by atoms with E-state index in [1.165, 1.54) is 45.9 Å². The second-order valence-electron chi connectivity index (χ2n) is 24.3. The van der Waals surface area contributed by atoms with Crippen molar-refractivity contribution in [3.05, 3.63) is 143 Å². The third-order valence-electron chi connectivity index (χ3n) is 12.9.